The van der Waals surface area contributed by atoms with Crippen molar-refractivity contribution in [3.63, 3.8) is 0 Å². The highest BCUT2D eigenvalue weighted by atomic mass is 35.5. The van der Waals surface area contributed by atoms with Crippen LogP contribution in [-0.4, -0.2) is 26.0 Å². The zero-order chi connectivity index (χ0) is 23.8. The zero-order valence-electron chi connectivity index (χ0n) is 19.2. The zero-order valence-corrected chi connectivity index (χ0v) is 20.0. The summed E-state index contributed by atoms with van der Waals surface area (Å²) >= 11 is 6.03. The van der Waals surface area contributed by atoms with Gasteiger partial charge in [0, 0.05) is 59.4 Å². The van der Waals surface area contributed by atoms with Crippen LogP contribution in [0.3, 0.4) is 0 Å². The van der Waals surface area contributed by atoms with Crippen LogP contribution in [0, 0.1) is 0 Å². The van der Waals surface area contributed by atoms with Crippen molar-refractivity contribution in [2.24, 2.45) is 0 Å². The normalized spacial score (nSPS) is 13.7. The Kier molecular flexibility index (Phi) is 5.72. The van der Waals surface area contributed by atoms with E-state index in [0.29, 0.717) is 23.8 Å². The number of hydrogen-bond donors (Lipinski definition) is 1. The molecule has 0 atom stereocenters. The minimum absolute atomic E-state index is 0.0425. The number of fused-ring (bicyclic) bond motifs is 2. The highest BCUT2D eigenvalue weighted by Gasteiger charge is 2.22. The van der Waals surface area contributed by atoms with Crippen molar-refractivity contribution < 1.29 is 0 Å². The van der Waals surface area contributed by atoms with E-state index in [4.69, 9.17) is 16.6 Å². The summed E-state index contributed by atoms with van der Waals surface area (Å²) in [5.74, 6) is 0.590. The standard InChI is InChI=1S/C29H25ClN4O/c30-23-12-10-21(11-13-23)28-31-26-19-33(15-14-25(26)29(35)32-28)17-22-18-34(16-20-6-2-1-3-7-20)27-9-5-4-8-24(22)27/h1-13,18H,14-17,19H2,(H,31,32,35). The van der Waals surface area contributed by atoms with Gasteiger partial charge in [0.15, 0.2) is 0 Å². The summed E-state index contributed by atoms with van der Waals surface area (Å²) < 4.78 is 2.33. The molecule has 0 fully saturated rings. The van der Waals surface area contributed by atoms with Crippen LogP contribution in [0.15, 0.2) is 89.9 Å². The maximum atomic E-state index is 12.8. The predicted molar refractivity (Wildman–Crippen MR) is 141 cm³/mol. The number of benzene rings is 3. The van der Waals surface area contributed by atoms with Crippen LogP contribution >= 0.6 is 11.6 Å². The number of aromatic nitrogens is 3. The number of halogens is 1. The van der Waals surface area contributed by atoms with Crippen molar-refractivity contribution in [2.75, 3.05) is 6.54 Å². The van der Waals surface area contributed by atoms with E-state index in [1.54, 1.807) is 0 Å². The van der Waals surface area contributed by atoms with Crippen LogP contribution in [0.25, 0.3) is 22.3 Å². The van der Waals surface area contributed by atoms with Gasteiger partial charge < -0.3 is 9.55 Å². The van der Waals surface area contributed by atoms with Gasteiger partial charge in [0.1, 0.15) is 5.82 Å². The number of H-pyrrole nitrogens is 1. The summed E-state index contributed by atoms with van der Waals surface area (Å²) in [4.78, 5) is 23.0. The number of rotatable bonds is 5. The Labute approximate surface area is 208 Å². The molecule has 3 heterocycles. The van der Waals surface area contributed by atoms with Crippen LogP contribution in [-0.2, 0) is 26.1 Å². The number of para-hydroxylation sites is 1. The van der Waals surface area contributed by atoms with E-state index >= 15 is 0 Å². The molecule has 3 aromatic carbocycles. The summed E-state index contributed by atoms with van der Waals surface area (Å²) in [6.07, 6.45) is 2.97. The van der Waals surface area contributed by atoms with E-state index in [1.807, 2.05) is 30.3 Å². The summed E-state index contributed by atoms with van der Waals surface area (Å²) in [5, 5.41) is 1.93. The summed E-state index contributed by atoms with van der Waals surface area (Å²) in [6.45, 7) is 3.13. The van der Waals surface area contributed by atoms with Gasteiger partial charge in [-0.15, -0.1) is 0 Å². The molecule has 5 aromatic rings. The maximum absolute atomic E-state index is 12.8. The fourth-order valence-corrected chi connectivity index (χ4v) is 5.10. The molecule has 6 heteroatoms. The first kappa shape index (κ1) is 21.8. The molecule has 1 aliphatic rings. The molecule has 0 saturated carbocycles. The molecule has 0 spiro atoms. The lowest BCUT2D eigenvalue weighted by Gasteiger charge is -2.27. The van der Waals surface area contributed by atoms with Gasteiger partial charge in [-0.1, -0.05) is 60.1 Å². The van der Waals surface area contributed by atoms with Gasteiger partial charge in [0.25, 0.3) is 5.56 Å². The van der Waals surface area contributed by atoms with Crippen molar-refractivity contribution in [3.05, 3.63) is 123 Å². The third kappa shape index (κ3) is 4.41. The molecule has 0 aliphatic carbocycles. The summed E-state index contributed by atoms with van der Waals surface area (Å²) in [7, 11) is 0. The van der Waals surface area contributed by atoms with Gasteiger partial charge in [-0.3, -0.25) is 9.69 Å². The van der Waals surface area contributed by atoms with Gasteiger partial charge in [-0.05, 0) is 47.9 Å². The lowest BCUT2D eigenvalue weighted by atomic mass is 10.0. The molecule has 174 valence electrons. The number of aromatic amines is 1. The van der Waals surface area contributed by atoms with E-state index in [-0.39, 0.29) is 5.56 Å². The van der Waals surface area contributed by atoms with Gasteiger partial charge >= 0.3 is 0 Å². The Bertz CT molecular complexity index is 1550. The van der Waals surface area contributed by atoms with Crippen molar-refractivity contribution in [1.29, 1.82) is 0 Å². The van der Waals surface area contributed by atoms with Crippen molar-refractivity contribution >= 4 is 22.5 Å². The molecule has 1 aliphatic heterocycles. The number of hydrogen-bond acceptors (Lipinski definition) is 3. The van der Waals surface area contributed by atoms with Crippen LogP contribution in [0.5, 0.6) is 0 Å². The second-order valence-electron chi connectivity index (χ2n) is 9.09. The van der Waals surface area contributed by atoms with E-state index in [0.717, 1.165) is 36.5 Å². The maximum Gasteiger partial charge on any atom is 0.254 e. The molecule has 0 radical (unpaired) electrons. The summed E-state index contributed by atoms with van der Waals surface area (Å²) in [5.41, 5.74) is 6.29. The molecule has 5 nitrogen and oxygen atoms in total. The second-order valence-corrected chi connectivity index (χ2v) is 9.53. The second kappa shape index (κ2) is 9.17. The van der Waals surface area contributed by atoms with Gasteiger partial charge in [0.2, 0.25) is 0 Å². The number of nitrogens with zero attached hydrogens (tertiary/aromatic N) is 3. The van der Waals surface area contributed by atoms with E-state index in [1.165, 1.54) is 22.0 Å². The molecular formula is C29H25ClN4O. The molecule has 0 unspecified atom stereocenters. The minimum atomic E-state index is -0.0425. The minimum Gasteiger partial charge on any atom is -0.343 e. The molecule has 1 N–H and O–H groups in total. The lowest BCUT2D eigenvalue weighted by Crippen LogP contribution is -2.35. The van der Waals surface area contributed by atoms with E-state index in [9.17, 15) is 4.79 Å². The molecule has 0 amide bonds. The molecule has 35 heavy (non-hydrogen) atoms. The van der Waals surface area contributed by atoms with Gasteiger partial charge in [-0.25, -0.2) is 4.98 Å². The van der Waals surface area contributed by atoms with Gasteiger partial charge in [0.05, 0.1) is 5.69 Å². The third-order valence-electron chi connectivity index (χ3n) is 6.73. The predicted octanol–water partition coefficient (Wildman–Crippen LogP) is 5.65. The van der Waals surface area contributed by atoms with Crippen LogP contribution in [0.2, 0.25) is 5.02 Å². The smallest absolute Gasteiger partial charge is 0.254 e. The lowest BCUT2D eigenvalue weighted by molar-refractivity contribution is 0.241. The Hall–Kier alpha value is -3.67. The third-order valence-corrected chi connectivity index (χ3v) is 6.98. The molecule has 6 rings (SSSR count). The Morgan fingerprint density at radius 3 is 2.51 bits per heavy atom. The van der Waals surface area contributed by atoms with Crippen molar-refractivity contribution in [3.8, 4) is 11.4 Å². The monoisotopic (exact) mass is 480 g/mol. The molecule has 2 aromatic heterocycles. The molecular weight excluding hydrogens is 456 g/mol. The largest absolute Gasteiger partial charge is 0.343 e. The Morgan fingerprint density at radius 2 is 1.69 bits per heavy atom. The topological polar surface area (TPSA) is 53.9 Å². The number of nitrogens with one attached hydrogen (secondary N) is 1. The summed E-state index contributed by atoms with van der Waals surface area (Å²) in [6, 6.07) is 26.5. The first-order valence-electron chi connectivity index (χ1n) is 11.8. The van der Waals surface area contributed by atoms with E-state index in [2.05, 4.69) is 69.2 Å². The first-order valence-corrected chi connectivity index (χ1v) is 12.2. The quantitative estimate of drug-likeness (QED) is 0.353. The average molecular weight is 481 g/mol. The Balaban J connectivity index is 1.29. The highest BCUT2D eigenvalue weighted by Crippen LogP contribution is 2.26. The van der Waals surface area contributed by atoms with Crippen LogP contribution < -0.4 is 5.56 Å². The fourth-order valence-electron chi connectivity index (χ4n) is 4.97. The average Bonchev–Trinajstić information content (AvgIpc) is 3.22. The molecule has 0 saturated heterocycles. The van der Waals surface area contributed by atoms with Crippen LogP contribution in [0.1, 0.15) is 22.4 Å². The SMILES string of the molecule is O=c1[nH]c(-c2ccc(Cl)cc2)nc2c1CCN(Cc1cn(Cc3ccccc3)c3ccccc13)C2. The molecule has 0 bridgehead atoms. The Morgan fingerprint density at radius 1 is 0.914 bits per heavy atom. The van der Waals surface area contributed by atoms with E-state index < -0.39 is 0 Å². The van der Waals surface area contributed by atoms with Crippen molar-refractivity contribution in [2.45, 2.75) is 26.1 Å². The fraction of sp³-hybridized carbons (Fsp3) is 0.172. The van der Waals surface area contributed by atoms with Gasteiger partial charge in [-0.2, -0.15) is 0 Å². The van der Waals surface area contributed by atoms with Crippen molar-refractivity contribution in [1.82, 2.24) is 19.4 Å². The van der Waals surface area contributed by atoms with Crippen LogP contribution in [0.4, 0.5) is 0 Å². The highest BCUT2D eigenvalue weighted by molar-refractivity contribution is 6.30. The first-order chi connectivity index (χ1) is 17.1.